The van der Waals surface area contributed by atoms with Crippen molar-refractivity contribution in [3.63, 3.8) is 0 Å². The predicted molar refractivity (Wildman–Crippen MR) is 78.5 cm³/mol. The Bertz CT molecular complexity index is 434. The van der Waals surface area contributed by atoms with Crippen LogP contribution < -0.4 is 10.2 Å². The zero-order chi connectivity index (χ0) is 14.5. The summed E-state index contributed by atoms with van der Waals surface area (Å²) in [6.45, 7) is 6.68. The molecule has 0 radical (unpaired) electrons. The second-order valence-corrected chi connectivity index (χ2v) is 4.95. The molecule has 0 heterocycles. The molecule has 0 fully saturated rings. The van der Waals surface area contributed by atoms with Crippen LogP contribution in [-0.2, 0) is 9.53 Å². The largest absolute Gasteiger partial charge is 0.465 e. The molecular formula is C15H24N2O2. The van der Waals surface area contributed by atoms with E-state index in [0.29, 0.717) is 13.2 Å². The van der Waals surface area contributed by atoms with Crippen LogP contribution >= 0.6 is 0 Å². The molecule has 1 aromatic carbocycles. The number of nitrogens with zero attached hydrogens (tertiary/aromatic N) is 1. The highest BCUT2D eigenvalue weighted by Gasteiger charge is 2.34. The van der Waals surface area contributed by atoms with Crippen LogP contribution in [0.15, 0.2) is 24.3 Å². The number of rotatable bonds is 6. The lowest BCUT2D eigenvalue weighted by molar-refractivity contribution is -0.149. The average molecular weight is 264 g/mol. The van der Waals surface area contributed by atoms with Crippen molar-refractivity contribution in [2.75, 3.05) is 32.1 Å². The van der Waals surface area contributed by atoms with Crippen molar-refractivity contribution in [2.24, 2.45) is 0 Å². The smallest absolute Gasteiger partial charge is 0.327 e. The van der Waals surface area contributed by atoms with E-state index in [9.17, 15) is 4.79 Å². The summed E-state index contributed by atoms with van der Waals surface area (Å²) in [5, 5.41) is 3.07. The molecule has 1 atom stereocenters. The molecule has 0 spiro atoms. The minimum atomic E-state index is -0.715. The van der Waals surface area contributed by atoms with Gasteiger partial charge in [0.2, 0.25) is 0 Å². The van der Waals surface area contributed by atoms with Crippen molar-refractivity contribution >= 4 is 11.7 Å². The number of ether oxygens (including phenoxy) is 1. The Labute approximate surface area is 115 Å². The minimum Gasteiger partial charge on any atom is -0.465 e. The minimum absolute atomic E-state index is 0.224. The molecule has 0 saturated carbocycles. The Hall–Kier alpha value is -1.55. The fourth-order valence-corrected chi connectivity index (χ4v) is 2.09. The van der Waals surface area contributed by atoms with E-state index in [1.165, 1.54) is 5.56 Å². The predicted octanol–water partition coefficient (Wildman–Crippen LogP) is 1.97. The number of likely N-dealkylation sites (N-methyl/N-ethyl adjacent to an activating group) is 2. The highest BCUT2D eigenvalue weighted by atomic mass is 16.5. The molecule has 1 unspecified atom stereocenters. The van der Waals surface area contributed by atoms with E-state index in [1.54, 1.807) is 7.05 Å². The van der Waals surface area contributed by atoms with Gasteiger partial charge in [-0.25, -0.2) is 4.79 Å². The maximum absolute atomic E-state index is 12.0. The quantitative estimate of drug-likeness (QED) is 0.798. The van der Waals surface area contributed by atoms with E-state index >= 15 is 0 Å². The van der Waals surface area contributed by atoms with Crippen molar-refractivity contribution in [1.29, 1.82) is 0 Å². The van der Waals surface area contributed by atoms with Crippen LogP contribution in [0.4, 0.5) is 5.69 Å². The first-order valence-electron chi connectivity index (χ1n) is 6.57. The summed E-state index contributed by atoms with van der Waals surface area (Å²) in [6, 6.07) is 8.12. The zero-order valence-electron chi connectivity index (χ0n) is 12.5. The number of nitrogens with one attached hydrogen (secondary N) is 1. The third-order valence-electron chi connectivity index (χ3n) is 3.36. The molecule has 0 amide bonds. The normalized spacial score (nSPS) is 13.7. The van der Waals surface area contributed by atoms with Gasteiger partial charge in [-0.1, -0.05) is 18.2 Å². The van der Waals surface area contributed by atoms with E-state index < -0.39 is 5.54 Å². The van der Waals surface area contributed by atoms with E-state index in [-0.39, 0.29) is 5.97 Å². The van der Waals surface area contributed by atoms with Gasteiger partial charge in [0.1, 0.15) is 5.54 Å². The third-order valence-corrected chi connectivity index (χ3v) is 3.36. The van der Waals surface area contributed by atoms with Crippen molar-refractivity contribution < 1.29 is 9.53 Å². The Kier molecular flexibility index (Phi) is 5.36. The molecule has 0 aliphatic heterocycles. The molecule has 0 aliphatic carbocycles. The average Bonchev–Trinajstić information content (AvgIpc) is 2.39. The molecule has 0 aromatic heterocycles. The summed E-state index contributed by atoms with van der Waals surface area (Å²) in [6.07, 6.45) is 0. The van der Waals surface area contributed by atoms with Gasteiger partial charge in [-0.15, -0.1) is 0 Å². The molecule has 4 nitrogen and oxygen atoms in total. The standard InChI is InChI=1S/C15H24N2O2/c1-6-19-14(18)15(3,16-4)11-17(5)13-10-8-7-9-12(13)2/h7-10,16H,6,11H2,1-5H3. The molecule has 106 valence electrons. The molecule has 19 heavy (non-hydrogen) atoms. The van der Waals surface area contributed by atoms with Crippen molar-refractivity contribution in [2.45, 2.75) is 26.3 Å². The van der Waals surface area contributed by atoms with Crippen LogP contribution in [0.25, 0.3) is 0 Å². The summed E-state index contributed by atoms with van der Waals surface area (Å²) in [4.78, 5) is 14.1. The van der Waals surface area contributed by atoms with Gasteiger partial charge < -0.3 is 15.0 Å². The maximum atomic E-state index is 12.0. The maximum Gasteiger partial charge on any atom is 0.327 e. The number of carbonyl (C=O) groups excluding carboxylic acids is 1. The summed E-state index contributed by atoms with van der Waals surface area (Å²) in [5.41, 5.74) is 1.59. The number of esters is 1. The van der Waals surface area contributed by atoms with Crippen LogP contribution in [0.3, 0.4) is 0 Å². The van der Waals surface area contributed by atoms with Gasteiger partial charge in [-0.05, 0) is 39.4 Å². The molecule has 1 aromatic rings. The monoisotopic (exact) mass is 264 g/mol. The number of hydrogen-bond donors (Lipinski definition) is 1. The molecular weight excluding hydrogens is 240 g/mol. The lowest BCUT2D eigenvalue weighted by atomic mass is 10.0. The summed E-state index contributed by atoms with van der Waals surface area (Å²) in [7, 11) is 3.76. The molecule has 0 aliphatic rings. The topological polar surface area (TPSA) is 41.6 Å². The van der Waals surface area contributed by atoms with Crippen LogP contribution in [0, 0.1) is 6.92 Å². The van der Waals surface area contributed by atoms with Crippen LogP contribution in [0.5, 0.6) is 0 Å². The molecule has 0 bridgehead atoms. The lowest BCUT2D eigenvalue weighted by Gasteiger charge is -2.33. The van der Waals surface area contributed by atoms with E-state index in [1.807, 2.05) is 33.0 Å². The highest BCUT2D eigenvalue weighted by molar-refractivity contribution is 5.81. The van der Waals surface area contributed by atoms with E-state index in [0.717, 1.165) is 5.69 Å². The van der Waals surface area contributed by atoms with Crippen molar-refractivity contribution in [3.8, 4) is 0 Å². The number of hydrogen-bond acceptors (Lipinski definition) is 4. The van der Waals surface area contributed by atoms with Gasteiger partial charge in [0, 0.05) is 19.3 Å². The van der Waals surface area contributed by atoms with Crippen LogP contribution in [0.1, 0.15) is 19.4 Å². The summed E-state index contributed by atoms with van der Waals surface area (Å²) in [5.74, 6) is -0.224. The van der Waals surface area contributed by atoms with Gasteiger partial charge in [0.15, 0.2) is 0 Å². The molecule has 0 saturated heterocycles. The van der Waals surface area contributed by atoms with Gasteiger partial charge in [-0.3, -0.25) is 0 Å². The first-order chi connectivity index (χ1) is 8.94. The van der Waals surface area contributed by atoms with Gasteiger partial charge in [0.25, 0.3) is 0 Å². The van der Waals surface area contributed by atoms with Crippen molar-refractivity contribution in [3.05, 3.63) is 29.8 Å². The van der Waals surface area contributed by atoms with Gasteiger partial charge in [-0.2, -0.15) is 0 Å². The first-order valence-corrected chi connectivity index (χ1v) is 6.57. The Morgan fingerprint density at radius 3 is 2.58 bits per heavy atom. The number of benzene rings is 1. The van der Waals surface area contributed by atoms with E-state index in [4.69, 9.17) is 4.74 Å². The van der Waals surface area contributed by atoms with Crippen LogP contribution in [-0.4, -0.2) is 38.8 Å². The number of carbonyl (C=O) groups is 1. The Morgan fingerprint density at radius 1 is 1.42 bits per heavy atom. The van der Waals surface area contributed by atoms with Crippen molar-refractivity contribution in [1.82, 2.24) is 5.32 Å². The highest BCUT2D eigenvalue weighted by Crippen LogP contribution is 2.20. The third kappa shape index (κ3) is 3.70. The number of para-hydroxylation sites is 1. The fraction of sp³-hybridized carbons (Fsp3) is 0.533. The summed E-state index contributed by atoms with van der Waals surface area (Å²) >= 11 is 0. The van der Waals surface area contributed by atoms with Gasteiger partial charge >= 0.3 is 5.97 Å². The van der Waals surface area contributed by atoms with Gasteiger partial charge in [0.05, 0.1) is 6.61 Å². The fourth-order valence-electron chi connectivity index (χ4n) is 2.09. The number of aryl methyl sites for hydroxylation is 1. The van der Waals surface area contributed by atoms with E-state index in [2.05, 4.69) is 29.3 Å². The number of anilines is 1. The molecule has 1 rings (SSSR count). The Morgan fingerprint density at radius 2 is 2.05 bits per heavy atom. The second-order valence-electron chi connectivity index (χ2n) is 4.95. The molecule has 1 N–H and O–H groups in total. The molecule has 4 heteroatoms. The zero-order valence-corrected chi connectivity index (χ0v) is 12.5. The first kappa shape index (κ1) is 15.5. The second kappa shape index (κ2) is 6.57. The lowest BCUT2D eigenvalue weighted by Crippen LogP contribution is -2.55. The SMILES string of the molecule is CCOC(=O)C(C)(CN(C)c1ccccc1C)NC. The van der Waals surface area contributed by atoms with Crippen LogP contribution in [0.2, 0.25) is 0 Å². The summed E-state index contributed by atoms with van der Waals surface area (Å²) < 4.78 is 5.14. The Balaban J connectivity index is 2.87.